The summed E-state index contributed by atoms with van der Waals surface area (Å²) < 4.78 is 0. The number of nitriles is 1. The molecule has 0 unspecified atom stereocenters. The summed E-state index contributed by atoms with van der Waals surface area (Å²) in [5.74, 6) is -0.270. The molecule has 96 valence electrons. The molecule has 4 heteroatoms. The smallest absolute Gasteiger partial charge is 0.157 e. The lowest BCUT2D eigenvalue weighted by molar-refractivity contribution is 0.403. The molecule has 19 heavy (non-hydrogen) atoms. The van der Waals surface area contributed by atoms with Crippen molar-refractivity contribution in [1.29, 1.82) is 5.26 Å². The van der Waals surface area contributed by atoms with Gasteiger partial charge in [0.15, 0.2) is 11.5 Å². The third-order valence-corrected chi connectivity index (χ3v) is 2.89. The van der Waals surface area contributed by atoms with Crippen LogP contribution in [0, 0.1) is 18.3 Å². The second-order valence-corrected chi connectivity index (χ2v) is 4.32. The van der Waals surface area contributed by atoms with Gasteiger partial charge in [-0.3, -0.25) is 0 Å². The summed E-state index contributed by atoms with van der Waals surface area (Å²) in [4.78, 5) is 0. The van der Waals surface area contributed by atoms with Crippen LogP contribution in [0.1, 0.15) is 16.7 Å². The van der Waals surface area contributed by atoms with Crippen LogP contribution in [0.3, 0.4) is 0 Å². The molecule has 2 rings (SSSR count). The molecule has 0 bridgehead atoms. The Balaban J connectivity index is 2.14. The fraction of sp³-hybridized carbons (Fsp3) is 0.133. The summed E-state index contributed by atoms with van der Waals surface area (Å²) in [6, 6.07) is 12.2. The lowest BCUT2D eigenvalue weighted by atomic mass is 10.1. The van der Waals surface area contributed by atoms with Crippen LogP contribution in [0.25, 0.3) is 0 Å². The molecule has 4 nitrogen and oxygen atoms in total. The van der Waals surface area contributed by atoms with Crippen LogP contribution < -0.4 is 5.32 Å². The summed E-state index contributed by atoms with van der Waals surface area (Å²) in [6.07, 6.45) is 0. The van der Waals surface area contributed by atoms with Crippen molar-refractivity contribution >= 4 is 5.69 Å². The van der Waals surface area contributed by atoms with Gasteiger partial charge in [0.2, 0.25) is 0 Å². The van der Waals surface area contributed by atoms with E-state index in [2.05, 4.69) is 11.4 Å². The molecule has 0 saturated carbocycles. The van der Waals surface area contributed by atoms with Gasteiger partial charge in [-0.05, 0) is 42.3 Å². The molecule has 2 aromatic rings. The fourth-order valence-corrected chi connectivity index (χ4v) is 1.76. The van der Waals surface area contributed by atoms with E-state index < -0.39 is 0 Å². The van der Waals surface area contributed by atoms with E-state index in [1.54, 1.807) is 18.2 Å². The summed E-state index contributed by atoms with van der Waals surface area (Å²) in [5.41, 5.74) is 3.37. The number of rotatable bonds is 3. The second-order valence-electron chi connectivity index (χ2n) is 4.32. The number of benzene rings is 2. The van der Waals surface area contributed by atoms with Crippen molar-refractivity contribution in [2.45, 2.75) is 13.5 Å². The van der Waals surface area contributed by atoms with E-state index in [4.69, 9.17) is 5.26 Å². The van der Waals surface area contributed by atoms with Gasteiger partial charge in [-0.2, -0.15) is 5.26 Å². The minimum atomic E-state index is -0.137. The second kappa shape index (κ2) is 5.32. The average Bonchev–Trinajstić information content (AvgIpc) is 2.41. The molecule has 0 aliphatic carbocycles. The zero-order valence-corrected chi connectivity index (χ0v) is 10.5. The average molecular weight is 254 g/mol. The molecule has 0 atom stereocenters. The molecule has 0 amide bonds. The van der Waals surface area contributed by atoms with Crippen molar-refractivity contribution in [2.24, 2.45) is 0 Å². The molecule has 0 fully saturated rings. The van der Waals surface area contributed by atoms with Gasteiger partial charge in [0.1, 0.15) is 0 Å². The number of phenolic OH excluding ortho intramolecular Hbond substituents is 2. The summed E-state index contributed by atoms with van der Waals surface area (Å²) in [5, 5.41) is 30.7. The maximum absolute atomic E-state index is 9.41. The SMILES string of the molecule is Cc1ccc(C#N)cc1NCc1ccc(O)c(O)c1. The van der Waals surface area contributed by atoms with Crippen molar-refractivity contribution in [2.75, 3.05) is 5.32 Å². The van der Waals surface area contributed by atoms with E-state index in [1.165, 1.54) is 12.1 Å². The Bertz CT molecular complexity index is 645. The number of nitrogens with zero attached hydrogens (tertiary/aromatic N) is 1. The molecule has 0 aromatic heterocycles. The number of hydrogen-bond donors (Lipinski definition) is 3. The van der Waals surface area contributed by atoms with Gasteiger partial charge in [-0.25, -0.2) is 0 Å². The Morgan fingerprint density at radius 3 is 2.58 bits per heavy atom. The first-order chi connectivity index (χ1) is 9.10. The van der Waals surface area contributed by atoms with E-state index in [9.17, 15) is 10.2 Å². The normalized spacial score (nSPS) is 9.89. The zero-order chi connectivity index (χ0) is 13.8. The van der Waals surface area contributed by atoms with Gasteiger partial charge < -0.3 is 15.5 Å². The predicted molar refractivity (Wildman–Crippen MR) is 73.0 cm³/mol. The molecule has 0 aliphatic heterocycles. The van der Waals surface area contributed by atoms with E-state index in [0.29, 0.717) is 12.1 Å². The van der Waals surface area contributed by atoms with Crippen molar-refractivity contribution in [1.82, 2.24) is 0 Å². The Labute approximate surface area is 111 Å². The first kappa shape index (κ1) is 12.8. The minimum Gasteiger partial charge on any atom is -0.504 e. The fourth-order valence-electron chi connectivity index (χ4n) is 1.76. The van der Waals surface area contributed by atoms with Crippen molar-refractivity contribution in [3.63, 3.8) is 0 Å². The number of aromatic hydroxyl groups is 2. The van der Waals surface area contributed by atoms with Gasteiger partial charge >= 0.3 is 0 Å². The number of anilines is 1. The van der Waals surface area contributed by atoms with Crippen molar-refractivity contribution in [3.05, 3.63) is 53.1 Å². The molecule has 0 radical (unpaired) electrons. The van der Waals surface area contributed by atoms with Crippen LogP contribution in [0.5, 0.6) is 11.5 Å². The highest BCUT2D eigenvalue weighted by molar-refractivity contribution is 5.55. The summed E-state index contributed by atoms with van der Waals surface area (Å²) >= 11 is 0. The Hall–Kier alpha value is -2.67. The lowest BCUT2D eigenvalue weighted by Gasteiger charge is -2.10. The molecule has 0 aliphatic rings. The number of aryl methyl sites for hydroxylation is 1. The third kappa shape index (κ3) is 2.96. The van der Waals surface area contributed by atoms with Gasteiger partial charge in [0, 0.05) is 12.2 Å². The summed E-state index contributed by atoms with van der Waals surface area (Å²) in [7, 11) is 0. The molecule has 3 N–H and O–H groups in total. The number of nitrogens with one attached hydrogen (secondary N) is 1. The molecule has 0 heterocycles. The van der Waals surface area contributed by atoms with Gasteiger partial charge in [0.05, 0.1) is 11.6 Å². The Morgan fingerprint density at radius 1 is 1.11 bits per heavy atom. The van der Waals surface area contributed by atoms with E-state index in [1.807, 2.05) is 13.0 Å². The van der Waals surface area contributed by atoms with E-state index in [-0.39, 0.29) is 11.5 Å². The maximum Gasteiger partial charge on any atom is 0.157 e. The highest BCUT2D eigenvalue weighted by Crippen LogP contribution is 2.25. The quantitative estimate of drug-likeness (QED) is 0.736. The highest BCUT2D eigenvalue weighted by Gasteiger charge is 2.03. The summed E-state index contributed by atoms with van der Waals surface area (Å²) in [6.45, 7) is 2.46. The first-order valence-corrected chi connectivity index (χ1v) is 5.85. The van der Waals surface area contributed by atoms with Crippen molar-refractivity contribution < 1.29 is 10.2 Å². The first-order valence-electron chi connectivity index (χ1n) is 5.85. The van der Waals surface area contributed by atoms with Gasteiger partial charge in [-0.15, -0.1) is 0 Å². The number of hydrogen-bond acceptors (Lipinski definition) is 4. The minimum absolute atomic E-state index is 0.133. The molecule has 2 aromatic carbocycles. The third-order valence-electron chi connectivity index (χ3n) is 2.89. The van der Waals surface area contributed by atoms with Crippen LogP contribution in [-0.2, 0) is 6.54 Å². The Kier molecular flexibility index (Phi) is 3.58. The largest absolute Gasteiger partial charge is 0.504 e. The lowest BCUT2D eigenvalue weighted by Crippen LogP contribution is -2.01. The molecular weight excluding hydrogens is 240 g/mol. The van der Waals surface area contributed by atoms with Gasteiger partial charge in [0.25, 0.3) is 0 Å². The molecule has 0 spiro atoms. The topological polar surface area (TPSA) is 76.3 Å². The molecular formula is C15H14N2O2. The highest BCUT2D eigenvalue weighted by atomic mass is 16.3. The Morgan fingerprint density at radius 2 is 1.89 bits per heavy atom. The zero-order valence-electron chi connectivity index (χ0n) is 10.5. The standard InChI is InChI=1S/C15H14N2O2/c1-10-2-3-11(8-16)6-13(10)17-9-12-4-5-14(18)15(19)7-12/h2-7,17-19H,9H2,1H3. The predicted octanol–water partition coefficient (Wildman–Crippen LogP) is 2.89. The van der Waals surface area contributed by atoms with E-state index in [0.717, 1.165) is 16.8 Å². The van der Waals surface area contributed by atoms with Crippen LogP contribution in [0.15, 0.2) is 36.4 Å². The van der Waals surface area contributed by atoms with Crippen LogP contribution >= 0.6 is 0 Å². The molecule has 0 saturated heterocycles. The maximum atomic E-state index is 9.41. The van der Waals surface area contributed by atoms with Crippen LogP contribution in [0.4, 0.5) is 5.69 Å². The van der Waals surface area contributed by atoms with Crippen LogP contribution in [0.2, 0.25) is 0 Å². The van der Waals surface area contributed by atoms with Gasteiger partial charge in [-0.1, -0.05) is 12.1 Å². The van der Waals surface area contributed by atoms with Crippen LogP contribution in [-0.4, -0.2) is 10.2 Å². The van der Waals surface area contributed by atoms with Crippen molar-refractivity contribution in [3.8, 4) is 17.6 Å². The number of phenols is 2. The monoisotopic (exact) mass is 254 g/mol. The van der Waals surface area contributed by atoms with E-state index >= 15 is 0 Å².